The van der Waals surface area contributed by atoms with Crippen molar-refractivity contribution < 1.29 is 0 Å². The molecule has 0 fully saturated rings. The van der Waals surface area contributed by atoms with E-state index in [9.17, 15) is 0 Å². The summed E-state index contributed by atoms with van der Waals surface area (Å²) >= 11 is 0. The summed E-state index contributed by atoms with van der Waals surface area (Å²) in [6.07, 6.45) is 7.87. The highest BCUT2D eigenvalue weighted by Crippen LogP contribution is 2.06. The van der Waals surface area contributed by atoms with Gasteiger partial charge in [0.1, 0.15) is 5.82 Å². The minimum Gasteiger partial charge on any atom is -0.382 e. The second-order valence-electron chi connectivity index (χ2n) is 3.41. The summed E-state index contributed by atoms with van der Waals surface area (Å²) in [7, 11) is 0. The Labute approximate surface area is 88.0 Å². The first-order chi connectivity index (χ1) is 7.25. The molecule has 0 spiro atoms. The van der Waals surface area contributed by atoms with Gasteiger partial charge < -0.3 is 5.73 Å². The monoisotopic (exact) mass is 203 g/mol. The molecule has 0 atom stereocenters. The summed E-state index contributed by atoms with van der Waals surface area (Å²) in [5.74, 6) is 0.592. The second kappa shape index (κ2) is 4.08. The third kappa shape index (κ3) is 2.31. The lowest BCUT2D eigenvalue weighted by atomic mass is 10.3. The minimum absolute atomic E-state index is 0.592. The van der Waals surface area contributed by atoms with Gasteiger partial charge in [0.05, 0.1) is 5.69 Å². The van der Waals surface area contributed by atoms with Crippen LogP contribution >= 0.6 is 0 Å². The van der Waals surface area contributed by atoms with Crippen LogP contribution in [0.1, 0.15) is 11.3 Å². The summed E-state index contributed by atoms with van der Waals surface area (Å²) in [6.45, 7) is 2.72. The van der Waals surface area contributed by atoms with Crippen molar-refractivity contribution in [3.63, 3.8) is 0 Å². The van der Waals surface area contributed by atoms with Crippen molar-refractivity contribution in [2.75, 3.05) is 5.73 Å². The number of nitrogens with zero attached hydrogens (tertiary/aromatic N) is 4. The third-order valence-corrected chi connectivity index (χ3v) is 2.20. The standard InChI is InChI=1S/C10H13N5/c1-8-7-15(14-10(8)11)5-2-9-6-12-3-4-13-9/h3-4,6-7H,2,5H2,1H3,(H2,11,14). The van der Waals surface area contributed by atoms with Crippen molar-refractivity contribution in [2.24, 2.45) is 0 Å². The maximum Gasteiger partial charge on any atom is 0.148 e. The number of rotatable bonds is 3. The van der Waals surface area contributed by atoms with E-state index in [2.05, 4.69) is 15.1 Å². The number of aromatic nitrogens is 4. The Morgan fingerprint density at radius 3 is 2.87 bits per heavy atom. The molecule has 78 valence electrons. The molecule has 0 radical (unpaired) electrons. The normalized spacial score (nSPS) is 10.5. The maximum atomic E-state index is 5.65. The van der Waals surface area contributed by atoms with E-state index in [0.717, 1.165) is 24.2 Å². The zero-order valence-corrected chi connectivity index (χ0v) is 8.59. The molecule has 0 bridgehead atoms. The fourth-order valence-electron chi connectivity index (χ4n) is 1.34. The second-order valence-corrected chi connectivity index (χ2v) is 3.41. The highest BCUT2D eigenvalue weighted by Gasteiger charge is 2.01. The van der Waals surface area contributed by atoms with Gasteiger partial charge in [-0.3, -0.25) is 14.6 Å². The molecule has 2 N–H and O–H groups in total. The quantitative estimate of drug-likeness (QED) is 0.801. The van der Waals surface area contributed by atoms with Gasteiger partial charge in [0, 0.05) is 43.3 Å². The van der Waals surface area contributed by atoms with E-state index in [1.165, 1.54) is 0 Å². The number of nitrogen functional groups attached to an aromatic ring is 1. The molecule has 0 aromatic carbocycles. The Morgan fingerprint density at radius 1 is 1.40 bits per heavy atom. The predicted molar refractivity (Wildman–Crippen MR) is 57.1 cm³/mol. The van der Waals surface area contributed by atoms with Crippen LogP contribution in [0.15, 0.2) is 24.8 Å². The lowest BCUT2D eigenvalue weighted by Gasteiger charge is -1.99. The topological polar surface area (TPSA) is 69.6 Å². The SMILES string of the molecule is Cc1cn(CCc2cnccn2)nc1N. The average Bonchev–Trinajstić information content (AvgIpc) is 2.57. The van der Waals surface area contributed by atoms with Crippen LogP contribution in [0.5, 0.6) is 0 Å². The van der Waals surface area contributed by atoms with E-state index in [4.69, 9.17) is 5.73 Å². The summed E-state index contributed by atoms with van der Waals surface area (Å²) in [5.41, 5.74) is 7.62. The van der Waals surface area contributed by atoms with E-state index < -0.39 is 0 Å². The molecule has 2 aromatic rings. The first-order valence-electron chi connectivity index (χ1n) is 4.80. The van der Waals surface area contributed by atoms with Crippen molar-refractivity contribution in [1.29, 1.82) is 0 Å². The summed E-state index contributed by atoms with van der Waals surface area (Å²) in [4.78, 5) is 8.19. The number of nitrogens with two attached hydrogens (primary N) is 1. The molecule has 0 aliphatic heterocycles. The smallest absolute Gasteiger partial charge is 0.148 e. The summed E-state index contributed by atoms with van der Waals surface area (Å²) in [5, 5.41) is 4.17. The fraction of sp³-hybridized carbons (Fsp3) is 0.300. The molecule has 5 heteroatoms. The largest absolute Gasteiger partial charge is 0.382 e. The molecule has 2 aromatic heterocycles. The van der Waals surface area contributed by atoms with Gasteiger partial charge >= 0.3 is 0 Å². The Balaban J connectivity index is 1.99. The van der Waals surface area contributed by atoms with Gasteiger partial charge in [0.25, 0.3) is 0 Å². The summed E-state index contributed by atoms with van der Waals surface area (Å²) < 4.78 is 1.83. The molecule has 0 saturated heterocycles. The first kappa shape index (κ1) is 9.64. The van der Waals surface area contributed by atoms with Crippen molar-refractivity contribution in [3.8, 4) is 0 Å². The van der Waals surface area contributed by atoms with E-state index in [1.54, 1.807) is 18.6 Å². The molecule has 5 nitrogen and oxygen atoms in total. The molecule has 2 heterocycles. The lowest BCUT2D eigenvalue weighted by Crippen LogP contribution is -2.03. The molecule has 0 aliphatic carbocycles. The van der Waals surface area contributed by atoms with Crippen molar-refractivity contribution in [1.82, 2.24) is 19.7 Å². The lowest BCUT2D eigenvalue weighted by molar-refractivity contribution is 0.609. The number of aryl methyl sites for hydroxylation is 3. The highest BCUT2D eigenvalue weighted by atomic mass is 15.3. The zero-order valence-electron chi connectivity index (χ0n) is 8.59. The van der Waals surface area contributed by atoms with Crippen LogP contribution in [0.2, 0.25) is 0 Å². The van der Waals surface area contributed by atoms with E-state index in [-0.39, 0.29) is 0 Å². The van der Waals surface area contributed by atoms with Gasteiger partial charge in [-0.25, -0.2) is 0 Å². The predicted octanol–water partition coefficient (Wildman–Crippen LogP) is 0.806. The van der Waals surface area contributed by atoms with Gasteiger partial charge in [-0.15, -0.1) is 0 Å². The number of hydrogen-bond acceptors (Lipinski definition) is 4. The van der Waals surface area contributed by atoms with Crippen LogP contribution in [0.25, 0.3) is 0 Å². The average molecular weight is 203 g/mol. The number of hydrogen-bond donors (Lipinski definition) is 1. The van der Waals surface area contributed by atoms with Gasteiger partial charge in [-0.05, 0) is 6.92 Å². The van der Waals surface area contributed by atoms with Crippen LogP contribution in [-0.2, 0) is 13.0 Å². The molecular formula is C10H13N5. The van der Waals surface area contributed by atoms with Gasteiger partial charge in [-0.1, -0.05) is 0 Å². The molecule has 15 heavy (non-hydrogen) atoms. The summed E-state index contributed by atoms with van der Waals surface area (Å²) in [6, 6.07) is 0. The van der Waals surface area contributed by atoms with Crippen molar-refractivity contribution in [3.05, 3.63) is 36.0 Å². The van der Waals surface area contributed by atoms with Crippen molar-refractivity contribution >= 4 is 5.82 Å². The molecule has 0 unspecified atom stereocenters. The Bertz CT molecular complexity index is 415. The highest BCUT2D eigenvalue weighted by molar-refractivity contribution is 5.35. The van der Waals surface area contributed by atoms with Gasteiger partial charge in [0.2, 0.25) is 0 Å². The molecule has 2 rings (SSSR count). The minimum atomic E-state index is 0.592. The van der Waals surface area contributed by atoms with Crippen molar-refractivity contribution in [2.45, 2.75) is 19.9 Å². The fourth-order valence-corrected chi connectivity index (χ4v) is 1.34. The molecule has 0 amide bonds. The Hall–Kier alpha value is -1.91. The third-order valence-electron chi connectivity index (χ3n) is 2.20. The zero-order chi connectivity index (χ0) is 10.7. The van der Waals surface area contributed by atoms with Crippen LogP contribution in [-0.4, -0.2) is 19.7 Å². The van der Waals surface area contributed by atoms with Crippen LogP contribution < -0.4 is 5.73 Å². The van der Waals surface area contributed by atoms with Crippen LogP contribution in [0.4, 0.5) is 5.82 Å². The number of anilines is 1. The van der Waals surface area contributed by atoms with E-state index in [1.807, 2.05) is 17.8 Å². The molecule has 0 saturated carbocycles. The molecular weight excluding hydrogens is 190 g/mol. The van der Waals surface area contributed by atoms with Crippen LogP contribution in [0, 0.1) is 6.92 Å². The van der Waals surface area contributed by atoms with E-state index >= 15 is 0 Å². The van der Waals surface area contributed by atoms with Gasteiger partial charge in [0.15, 0.2) is 0 Å². The van der Waals surface area contributed by atoms with Crippen LogP contribution in [0.3, 0.4) is 0 Å². The Kier molecular flexibility index (Phi) is 2.62. The Morgan fingerprint density at radius 2 is 2.27 bits per heavy atom. The van der Waals surface area contributed by atoms with Gasteiger partial charge in [-0.2, -0.15) is 5.10 Å². The molecule has 0 aliphatic rings. The van der Waals surface area contributed by atoms with E-state index in [0.29, 0.717) is 5.82 Å². The maximum absolute atomic E-state index is 5.65. The first-order valence-corrected chi connectivity index (χ1v) is 4.80.